The van der Waals surface area contributed by atoms with E-state index in [2.05, 4.69) is 36.6 Å². The van der Waals surface area contributed by atoms with Crippen molar-refractivity contribution in [2.75, 3.05) is 18.5 Å². The summed E-state index contributed by atoms with van der Waals surface area (Å²) in [6.45, 7) is 5.11. The van der Waals surface area contributed by atoms with E-state index in [1.165, 1.54) is 5.56 Å². The Morgan fingerprint density at radius 1 is 1.08 bits per heavy atom. The van der Waals surface area contributed by atoms with Crippen molar-refractivity contribution in [3.63, 3.8) is 0 Å². The maximum absolute atomic E-state index is 11.8. The van der Waals surface area contributed by atoms with Gasteiger partial charge in [0.15, 0.2) is 0 Å². The van der Waals surface area contributed by atoms with Crippen LogP contribution in [0, 0.1) is 0 Å². The van der Waals surface area contributed by atoms with E-state index >= 15 is 0 Å². The number of ether oxygens (including phenoxy) is 1. The molecule has 128 valence electrons. The molecular formula is C20H26N2O2. The third-order valence-corrected chi connectivity index (χ3v) is 3.86. The van der Waals surface area contributed by atoms with Crippen LogP contribution in [0.4, 0.5) is 5.69 Å². The van der Waals surface area contributed by atoms with Crippen LogP contribution in [0.3, 0.4) is 0 Å². The van der Waals surface area contributed by atoms with E-state index in [0.717, 1.165) is 24.3 Å². The number of rotatable bonds is 9. The van der Waals surface area contributed by atoms with Gasteiger partial charge in [-0.3, -0.25) is 4.79 Å². The topological polar surface area (TPSA) is 50.4 Å². The summed E-state index contributed by atoms with van der Waals surface area (Å²) in [7, 11) is 0. The van der Waals surface area contributed by atoms with E-state index in [-0.39, 0.29) is 5.91 Å². The highest BCUT2D eigenvalue weighted by molar-refractivity contribution is 5.92. The molecule has 0 aromatic heterocycles. The maximum atomic E-state index is 11.8. The molecule has 2 N–H and O–H groups in total. The molecule has 0 spiro atoms. The molecular weight excluding hydrogens is 300 g/mol. The smallest absolute Gasteiger partial charge is 0.238 e. The van der Waals surface area contributed by atoms with Gasteiger partial charge in [-0.1, -0.05) is 37.3 Å². The van der Waals surface area contributed by atoms with Gasteiger partial charge in [-0.25, -0.2) is 0 Å². The van der Waals surface area contributed by atoms with Crippen molar-refractivity contribution in [2.45, 2.75) is 32.7 Å². The molecule has 0 saturated carbocycles. The number of benzene rings is 2. The molecule has 0 bridgehead atoms. The summed E-state index contributed by atoms with van der Waals surface area (Å²) in [5.41, 5.74) is 2.04. The van der Waals surface area contributed by atoms with Gasteiger partial charge in [0.25, 0.3) is 0 Å². The van der Waals surface area contributed by atoms with Gasteiger partial charge in [0.1, 0.15) is 5.75 Å². The molecule has 0 aliphatic heterocycles. The summed E-state index contributed by atoms with van der Waals surface area (Å²) in [6, 6.07) is 18.1. The molecule has 0 aliphatic rings. The molecule has 2 aromatic carbocycles. The van der Waals surface area contributed by atoms with Crippen molar-refractivity contribution in [1.82, 2.24) is 5.32 Å². The highest BCUT2D eigenvalue weighted by Crippen LogP contribution is 2.16. The molecule has 4 nitrogen and oxygen atoms in total. The zero-order valence-corrected chi connectivity index (χ0v) is 14.4. The summed E-state index contributed by atoms with van der Waals surface area (Å²) in [4.78, 5) is 11.8. The van der Waals surface area contributed by atoms with Crippen LogP contribution in [0.25, 0.3) is 0 Å². The van der Waals surface area contributed by atoms with E-state index < -0.39 is 0 Å². The van der Waals surface area contributed by atoms with Gasteiger partial charge in [-0.2, -0.15) is 0 Å². The first-order chi connectivity index (χ1) is 11.7. The Morgan fingerprint density at radius 3 is 2.46 bits per heavy atom. The quantitative estimate of drug-likeness (QED) is 0.740. The second kappa shape index (κ2) is 9.73. The molecule has 2 aromatic rings. The monoisotopic (exact) mass is 326 g/mol. The van der Waals surface area contributed by atoms with Crippen LogP contribution < -0.4 is 15.4 Å². The normalized spacial score (nSPS) is 11.8. The van der Waals surface area contributed by atoms with Crippen molar-refractivity contribution >= 4 is 11.6 Å². The average Bonchev–Trinajstić information content (AvgIpc) is 2.62. The van der Waals surface area contributed by atoms with Crippen molar-refractivity contribution in [3.8, 4) is 5.75 Å². The summed E-state index contributed by atoms with van der Waals surface area (Å²) in [5, 5.41) is 6.04. The Kier molecular flexibility index (Phi) is 7.30. The SMILES string of the molecule is CCC(C)NCC(=O)Nc1ccc(OCCc2ccccc2)cc1. The van der Waals surface area contributed by atoms with Crippen molar-refractivity contribution < 1.29 is 9.53 Å². The predicted molar refractivity (Wildman–Crippen MR) is 98.5 cm³/mol. The number of amides is 1. The fourth-order valence-electron chi connectivity index (χ4n) is 2.18. The minimum Gasteiger partial charge on any atom is -0.493 e. The van der Waals surface area contributed by atoms with Crippen LogP contribution in [0.15, 0.2) is 54.6 Å². The first kappa shape index (κ1) is 18.0. The molecule has 0 fully saturated rings. The van der Waals surface area contributed by atoms with E-state index in [9.17, 15) is 4.79 Å². The third-order valence-electron chi connectivity index (χ3n) is 3.86. The average molecular weight is 326 g/mol. The number of nitrogens with one attached hydrogen (secondary N) is 2. The third kappa shape index (κ3) is 6.42. The Balaban J connectivity index is 1.73. The van der Waals surface area contributed by atoms with Crippen LogP contribution in [0.2, 0.25) is 0 Å². The zero-order chi connectivity index (χ0) is 17.2. The van der Waals surface area contributed by atoms with Crippen LogP contribution in [-0.4, -0.2) is 25.1 Å². The summed E-state index contributed by atoms with van der Waals surface area (Å²) < 4.78 is 5.74. The second-order valence-corrected chi connectivity index (χ2v) is 5.85. The summed E-state index contributed by atoms with van der Waals surface area (Å²) >= 11 is 0. The minimum absolute atomic E-state index is 0.0342. The van der Waals surface area contributed by atoms with E-state index in [1.807, 2.05) is 42.5 Å². The standard InChI is InChI=1S/C20H26N2O2/c1-3-16(2)21-15-20(23)22-18-9-11-19(12-10-18)24-14-13-17-7-5-4-6-8-17/h4-12,16,21H,3,13-15H2,1-2H3,(H,22,23). The second-order valence-electron chi connectivity index (χ2n) is 5.85. The first-order valence-electron chi connectivity index (χ1n) is 8.47. The highest BCUT2D eigenvalue weighted by Gasteiger charge is 2.04. The molecule has 1 atom stereocenters. The number of hydrogen-bond donors (Lipinski definition) is 2. The van der Waals surface area contributed by atoms with Gasteiger partial charge in [-0.05, 0) is 43.2 Å². The van der Waals surface area contributed by atoms with Gasteiger partial charge < -0.3 is 15.4 Å². The molecule has 0 aliphatic carbocycles. The van der Waals surface area contributed by atoms with Crippen LogP contribution in [-0.2, 0) is 11.2 Å². The lowest BCUT2D eigenvalue weighted by Crippen LogP contribution is -2.33. The van der Waals surface area contributed by atoms with Gasteiger partial charge in [0, 0.05) is 18.2 Å². The molecule has 0 radical (unpaired) electrons. The number of carbonyl (C=O) groups excluding carboxylic acids is 1. The Morgan fingerprint density at radius 2 is 1.79 bits per heavy atom. The lowest BCUT2D eigenvalue weighted by molar-refractivity contribution is -0.115. The van der Waals surface area contributed by atoms with Crippen LogP contribution in [0.5, 0.6) is 5.75 Å². The maximum Gasteiger partial charge on any atom is 0.238 e. The fraction of sp³-hybridized carbons (Fsp3) is 0.350. The van der Waals surface area contributed by atoms with E-state index in [0.29, 0.717) is 19.2 Å². The lowest BCUT2D eigenvalue weighted by atomic mass is 10.2. The molecule has 1 unspecified atom stereocenters. The number of hydrogen-bond acceptors (Lipinski definition) is 3. The van der Waals surface area contributed by atoms with Gasteiger partial charge in [0.05, 0.1) is 13.2 Å². The van der Waals surface area contributed by atoms with Gasteiger partial charge in [-0.15, -0.1) is 0 Å². The number of anilines is 1. The molecule has 0 saturated heterocycles. The molecule has 4 heteroatoms. The summed E-state index contributed by atoms with van der Waals surface area (Å²) in [6.07, 6.45) is 1.88. The first-order valence-corrected chi connectivity index (χ1v) is 8.47. The minimum atomic E-state index is -0.0342. The number of carbonyl (C=O) groups is 1. The zero-order valence-electron chi connectivity index (χ0n) is 14.4. The predicted octanol–water partition coefficient (Wildman–Crippen LogP) is 3.63. The van der Waals surface area contributed by atoms with Gasteiger partial charge in [0.2, 0.25) is 5.91 Å². The molecule has 24 heavy (non-hydrogen) atoms. The Bertz CT molecular complexity index is 611. The fourth-order valence-corrected chi connectivity index (χ4v) is 2.18. The molecule has 0 heterocycles. The van der Waals surface area contributed by atoms with Crippen molar-refractivity contribution in [2.24, 2.45) is 0 Å². The Labute approximate surface area is 144 Å². The van der Waals surface area contributed by atoms with Crippen LogP contribution in [0.1, 0.15) is 25.8 Å². The lowest BCUT2D eigenvalue weighted by Gasteiger charge is -2.12. The summed E-state index contributed by atoms with van der Waals surface area (Å²) in [5.74, 6) is 0.773. The van der Waals surface area contributed by atoms with Crippen LogP contribution >= 0.6 is 0 Å². The molecule has 1 amide bonds. The largest absolute Gasteiger partial charge is 0.493 e. The van der Waals surface area contributed by atoms with E-state index in [1.54, 1.807) is 0 Å². The highest BCUT2D eigenvalue weighted by atomic mass is 16.5. The van der Waals surface area contributed by atoms with Crippen molar-refractivity contribution in [3.05, 3.63) is 60.2 Å². The van der Waals surface area contributed by atoms with E-state index in [4.69, 9.17) is 4.74 Å². The van der Waals surface area contributed by atoms with Gasteiger partial charge >= 0.3 is 0 Å². The molecule has 2 rings (SSSR count). The van der Waals surface area contributed by atoms with Crippen molar-refractivity contribution in [1.29, 1.82) is 0 Å². The Hall–Kier alpha value is -2.33.